The molecule has 0 radical (unpaired) electrons. The van der Waals surface area contributed by atoms with Crippen LogP contribution in [0.25, 0.3) is 11.0 Å². The number of benzene rings is 1. The van der Waals surface area contributed by atoms with Gasteiger partial charge in [0.1, 0.15) is 5.82 Å². The van der Waals surface area contributed by atoms with Gasteiger partial charge in [0.25, 0.3) is 0 Å². The van der Waals surface area contributed by atoms with Crippen LogP contribution >= 0.6 is 0 Å². The fourth-order valence-electron chi connectivity index (χ4n) is 3.92. The molecule has 1 aromatic carbocycles. The van der Waals surface area contributed by atoms with Gasteiger partial charge in [0, 0.05) is 19.5 Å². The van der Waals surface area contributed by atoms with Gasteiger partial charge in [-0.15, -0.1) is 0 Å². The van der Waals surface area contributed by atoms with Crippen molar-refractivity contribution in [1.29, 1.82) is 0 Å². The summed E-state index contributed by atoms with van der Waals surface area (Å²) < 4.78 is 28.5. The molecule has 27 heavy (non-hydrogen) atoms. The first-order valence-electron chi connectivity index (χ1n) is 9.77. The first kappa shape index (κ1) is 19.7. The van der Waals surface area contributed by atoms with E-state index in [1.807, 2.05) is 19.9 Å². The predicted octanol–water partition coefficient (Wildman–Crippen LogP) is 4.12. The van der Waals surface area contributed by atoms with Crippen molar-refractivity contribution in [3.63, 3.8) is 0 Å². The highest BCUT2D eigenvalue weighted by molar-refractivity contribution is 5.76. The number of amides is 1. The maximum absolute atomic E-state index is 13.7. The van der Waals surface area contributed by atoms with Crippen LogP contribution in [0.15, 0.2) is 24.3 Å². The number of rotatable bonds is 7. The number of nitrogens with zero attached hydrogens (tertiary/aromatic N) is 3. The lowest BCUT2D eigenvalue weighted by molar-refractivity contribution is -0.121. The van der Waals surface area contributed by atoms with E-state index in [9.17, 15) is 13.6 Å². The van der Waals surface area contributed by atoms with Crippen molar-refractivity contribution in [3.8, 4) is 0 Å². The predicted molar refractivity (Wildman–Crippen MR) is 102 cm³/mol. The van der Waals surface area contributed by atoms with Crippen LogP contribution in [0.2, 0.25) is 0 Å². The second-order valence-electron chi connectivity index (χ2n) is 7.34. The minimum absolute atomic E-state index is 0.0853. The molecule has 2 atom stereocenters. The van der Waals surface area contributed by atoms with E-state index in [-0.39, 0.29) is 11.9 Å². The summed E-state index contributed by atoms with van der Waals surface area (Å²) in [6, 6.07) is 6.82. The van der Waals surface area contributed by atoms with E-state index in [1.54, 1.807) is 18.2 Å². The molecule has 1 saturated heterocycles. The molecule has 3 rings (SSSR count). The number of nitrogens with one attached hydrogen (secondary N) is 1. The SMILES string of the molecule is CCCC(=O)NCC1CCCN(C(C)c2nc3ccccc3n2C(F)F)C1. The molecule has 148 valence electrons. The van der Waals surface area contributed by atoms with E-state index in [0.29, 0.717) is 35.7 Å². The Balaban J connectivity index is 1.73. The van der Waals surface area contributed by atoms with Crippen LogP contribution in [0.1, 0.15) is 57.9 Å². The van der Waals surface area contributed by atoms with Crippen LogP contribution in [0.3, 0.4) is 0 Å². The molecule has 1 N–H and O–H groups in total. The molecule has 0 spiro atoms. The van der Waals surface area contributed by atoms with Crippen molar-refractivity contribution in [2.24, 2.45) is 5.92 Å². The Hall–Kier alpha value is -2.02. The summed E-state index contributed by atoms with van der Waals surface area (Å²) in [6.07, 6.45) is 3.42. The number of hydrogen-bond acceptors (Lipinski definition) is 3. The Morgan fingerprint density at radius 2 is 2.15 bits per heavy atom. The maximum atomic E-state index is 13.7. The van der Waals surface area contributed by atoms with E-state index < -0.39 is 6.55 Å². The number of imidazole rings is 1. The van der Waals surface area contributed by atoms with E-state index in [0.717, 1.165) is 36.9 Å². The number of para-hydroxylation sites is 2. The largest absolute Gasteiger partial charge is 0.356 e. The average Bonchev–Trinajstić information content (AvgIpc) is 3.06. The number of aromatic nitrogens is 2. The zero-order valence-corrected chi connectivity index (χ0v) is 16.0. The van der Waals surface area contributed by atoms with Crippen LogP contribution in [0, 0.1) is 5.92 Å². The topological polar surface area (TPSA) is 50.2 Å². The third kappa shape index (κ3) is 4.46. The molecule has 5 nitrogen and oxygen atoms in total. The molecule has 0 saturated carbocycles. The van der Waals surface area contributed by atoms with Crippen LogP contribution in [0.5, 0.6) is 0 Å². The van der Waals surface area contributed by atoms with Crippen molar-refractivity contribution in [3.05, 3.63) is 30.1 Å². The third-order valence-electron chi connectivity index (χ3n) is 5.36. The first-order chi connectivity index (χ1) is 13.0. The van der Waals surface area contributed by atoms with Crippen molar-refractivity contribution in [1.82, 2.24) is 19.8 Å². The van der Waals surface area contributed by atoms with Gasteiger partial charge in [0.05, 0.1) is 17.1 Å². The Morgan fingerprint density at radius 3 is 2.89 bits per heavy atom. The Bertz CT molecular complexity index is 776. The Labute approximate surface area is 158 Å². The van der Waals surface area contributed by atoms with Gasteiger partial charge in [-0.25, -0.2) is 4.98 Å². The van der Waals surface area contributed by atoms with Crippen LogP contribution in [-0.4, -0.2) is 40.0 Å². The minimum atomic E-state index is -2.62. The minimum Gasteiger partial charge on any atom is -0.356 e. The number of likely N-dealkylation sites (tertiary alicyclic amines) is 1. The number of piperidine rings is 1. The zero-order chi connectivity index (χ0) is 19.4. The lowest BCUT2D eigenvalue weighted by Gasteiger charge is -2.36. The molecule has 2 aromatic rings. The fraction of sp³-hybridized carbons (Fsp3) is 0.600. The van der Waals surface area contributed by atoms with E-state index >= 15 is 0 Å². The van der Waals surface area contributed by atoms with Gasteiger partial charge in [-0.3, -0.25) is 14.3 Å². The van der Waals surface area contributed by atoms with Crippen molar-refractivity contribution < 1.29 is 13.6 Å². The molecular weight excluding hydrogens is 350 g/mol. The monoisotopic (exact) mass is 378 g/mol. The molecule has 2 unspecified atom stereocenters. The van der Waals surface area contributed by atoms with Crippen molar-refractivity contribution in [2.75, 3.05) is 19.6 Å². The van der Waals surface area contributed by atoms with Crippen LogP contribution < -0.4 is 5.32 Å². The molecule has 0 aliphatic carbocycles. The molecule has 0 bridgehead atoms. The molecule has 2 heterocycles. The highest BCUT2D eigenvalue weighted by Gasteiger charge is 2.29. The van der Waals surface area contributed by atoms with Gasteiger partial charge in [0.15, 0.2) is 0 Å². The summed E-state index contributed by atoms with van der Waals surface area (Å²) >= 11 is 0. The summed E-state index contributed by atoms with van der Waals surface area (Å²) in [7, 11) is 0. The number of carbonyl (C=O) groups is 1. The van der Waals surface area contributed by atoms with Crippen molar-refractivity contribution in [2.45, 2.75) is 52.1 Å². The smallest absolute Gasteiger partial charge is 0.320 e. The quantitative estimate of drug-likeness (QED) is 0.788. The second-order valence-corrected chi connectivity index (χ2v) is 7.34. The fourth-order valence-corrected chi connectivity index (χ4v) is 3.92. The summed E-state index contributed by atoms with van der Waals surface area (Å²) in [5.74, 6) is 0.829. The van der Waals surface area contributed by atoms with Gasteiger partial charge < -0.3 is 5.32 Å². The number of carbonyl (C=O) groups excluding carboxylic acids is 1. The summed E-state index contributed by atoms with van der Waals surface area (Å²) in [5.41, 5.74) is 1.06. The Morgan fingerprint density at radius 1 is 1.37 bits per heavy atom. The molecule has 7 heteroatoms. The number of hydrogen-bond donors (Lipinski definition) is 1. The van der Waals surface area contributed by atoms with Crippen LogP contribution in [0.4, 0.5) is 8.78 Å². The average molecular weight is 378 g/mol. The lowest BCUT2D eigenvalue weighted by atomic mass is 9.96. The summed E-state index contributed by atoms with van der Waals surface area (Å²) in [4.78, 5) is 18.4. The summed E-state index contributed by atoms with van der Waals surface area (Å²) in [6.45, 7) is 3.58. The number of halogens is 2. The van der Waals surface area contributed by atoms with Crippen molar-refractivity contribution >= 4 is 16.9 Å². The molecule has 1 amide bonds. The molecule has 1 fully saturated rings. The maximum Gasteiger partial charge on any atom is 0.320 e. The molecular formula is C20H28F2N4O. The molecule has 1 aliphatic heterocycles. The van der Waals surface area contributed by atoms with Gasteiger partial charge >= 0.3 is 6.55 Å². The van der Waals surface area contributed by atoms with Gasteiger partial charge in [-0.1, -0.05) is 19.1 Å². The lowest BCUT2D eigenvalue weighted by Crippen LogP contribution is -2.42. The normalized spacial score (nSPS) is 19.5. The second kappa shape index (κ2) is 8.78. The Kier molecular flexibility index (Phi) is 6.42. The van der Waals surface area contributed by atoms with E-state index in [1.165, 1.54) is 0 Å². The highest BCUT2D eigenvalue weighted by atomic mass is 19.3. The highest BCUT2D eigenvalue weighted by Crippen LogP contribution is 2.31. The number of fused-ring (bicyclic) bond motifs is 1. The summed E-state index contributed by atoms with van der Waals surface area (Å²) in [5, 5.41) is 3.00. The number of alkyl halides is 2. The van der Waals surface area contributed by atoms with E-state index in [4.69, 9.17) is 0 Å². The van der Waals surface area contributed by atoms with Gasteiger partial charge in [0.2, 0.25) is 5.91 Å². The van der Waals surface area contributed by atoms with Gasteiger partial charge in [-0.05, 0) is 50.8 Å². The molecule has 1 aromatic heterocycles. The molecule has 1 aliphatic rings. The zero-order valence-electron chi connectivity index (χ0n) is 16.0. The standard InChI is InChI=1S/C20H28F2N4O/c1-3-7-18(27)23-12-15-8-6-11-25(13-15)14(2)19-24-16-9-4-5-10-17(16)26(19)20(21)22/h4-5,9-10,14-15,20H,3,6-8,11-13H2,1-2H3,(H,23,27). The van der Waals surface area contributed by atoms with Crippen LogP contribution in [-0.2, 0) is 4.79 Å². The first-order valence-corrected chi connectivity index (χ1v) is 9.77. The van der Waals surface area contributed by atoms with E-state index in [2.05, 4.69) is 15.2 Å². The third-order valence-corrected chi connectivity index (χ3v) is 5.36. The van der Waals surface area contributed by atoms with Gasteiger partial charge in [-0.2, -0.15) is 8.78 Å².